The molecule has 33 heavy (non-hydrogen) atoms. The van der Waals surface area contributed by atoms with Crippen molar-refractivity contribution in [1.82, 2.24) is 9.44 Å². The Bertz CT molecular complexity index is 1030. The molecule has 0 saturated carbocycles. The van der Waals surface area contributed by atoms with E-state index in [1.165, 1.54) is 0 Å². The third kappa shape index (κ3) is 6.62. The Kier molecular flexibility index (Phi) is 7.83. The van der Waals surface area contributed by atoms with Crippen molar-refractivity contribution >= 4 is 20.0 Å². The second-order valence-electron chi connectivity index (χ2n) is 8.44. The van der Waals surface area contributed by atoms with E-state index in [0.29, 0.717) is 19.6 Å². The Labute approximate surface area is 195 Å². The van der Waals surface area contributed by atoms with Crippen molar-refractivity contribution in [2.75, 3.05) is 26.3 Å². The van der Waals surface area contributed by atoms with Gasteiger partial charge in [0.1, 0.15) is 0 Å². The van der Waals surface area contributed by atoms with Crippen molar-refractivity contribution in [3.8, 4) is 0 Å². The van der Waals surface area contributed by atoms with Crippen molar-refractivity contribution in [2.45, 2.75) is 54.1 Å². The van der Waals surface area contributed by atoms with Crippen molar-refractivity contribution < 1.29 is 26.3 Å². The van der Waals surface area contributed by atoms with Gasteiger partial charge in [-0.2, -0.15) is 0 Å². The van der Waals surface area contributed by atoms with E-state index in [1.807, 2.05) is 0 Å². The van der Waals surface area contributed by atoms with E-state index in [1.54, 1.807) is 48.5 Å². The zero-order chi connectivity index (χ0) is 23.3. The zero-order valence-electron chi connectivity index (χ0n) is 18.4. The molecule has 2 aliphatic heterocycles. The van der Waals surface area contributed by atoms with Crippen molar-refractivity contribution in [1.29, 1.82) is 0 Å². The summed E-state index contributed by atoms with van der Waals surface area (Å²) in [5.41, 5.74) is 1.86. The van der Waals surface area contributed by atoms with E-state index in [0.717, 1.165) is 36.8 Å². The summed E-state index contributed by atoms with van der Waals surface area (Å²) in [6.07, 6.45) is 4.10. The smallest absolute Gasteiger partial charge is 0.240 e. The SMILES string of the molecule is O=S(=O)(NCC1CCCO1)c1ccc(Cc2ccc(S(=O)(=O)NCC3CCCO3)cc2)cc1. The van der Waals surface area contributed by atoms with E-state index in [9.17, 15) is 16.8 Å². The second-order valence-corrected chi connectivity index (χ2v) is 12.0. The van der Waals surface area contributed by atoms with Gasteiger partial charge in [-0.05, 0) is 67.5 Å². The molecular weight excluding hydrogens is 464 g/mol. The van der Waals surface area contributed by atoms with E-state index in [-0.39, 0.29) is 35.1 Å². The first kappa shape index (κ1) is 24.3. The molecule has 8 nitrogen and oxygen atoms in total. The molecule has 2 N–H and O–H groups in total. The average molecular weight is 495 g/mol. The Balaban J connectivity index is 1.33. The molecule has 2 fully saturated rings. The lowest BCUT2D eigenvalue weighted by molar-refractivity contribution is 0.114. The molecule has 0 aliphatic carbocycles. The minimum Gasteiger partial charge on any atom is -0.377 e. The maximum Gasteiger partial charge on any atom is 0.240 e. The molecular formula is C23H30N2O6S2. The molecule has 2 atom stereocenters. The summed E-state index contributed by atoms with van der Waals surface area (Å²) in [4.78, 5) is 0.422. The Morgan fingerprint density at radius 2 is 1.06 bits per heavy atom. The van der Waals surface area contributed by atoms with Crippen LogP contribution in [0.4, 0.5) is 0 Å². The van der Waals surface area contributed by atoms with Gasteiger partial charge in [-0.3, -0.25) is 0 Å². The number of rotatable bonds is 10. The van der Waals surface area contributed by atoms with Gasteiger partial charge in [-0.25, -0.2) is 26.3 Å². The number of benzene rings is 2. The van der Waals surface area contributed by atoms with Gasteiger partial charge in [0.2, 0.25) is 20.0 Å². The topological polar surface area (TPSA) is 111 Å². The molecule has 0 bridgehead atoms. The quantitative estimate of drug-likeness (QED) is 0.524. The maximum atomic E-state index is 12.5. The predicted octanol–water partition coefficient (Wildman–Crippen LogP) is 2.19. The third-order valence-electron chi connectivity index (χ3n) is 5.93. The van der Waals surface area contributed by atoms with Gasteiger partial charge in [0.25, 0.3) is 0 Å². The third-order valence-corrected chi connectivity index (χ3v) is 8.80. The van der Waals surface area contributed by atoms with E-state index in [2.05, 4.69) is 9.44 Å². The fourth-order valence-corrected chi connectivity index (χ4v) is 6.12. The lowest BCUT2D eigenvalue weighted by atomic mass is 10.1. The van der Waals surface area contributed by atoms with E-state index >= 15 is 0 Å². The van der Waals surface area contributed by atoms with E-state index < -0.39 is 20.0 Å². The van der Waals surface area contributed by atoms with Crippen LogP contribution in [0.1, 0.15) is 36.8 Å². The lowest BCUT2D eigenvalue weighted by Crippen LogP contribution is -2.31. The summed E-state index contributed by atoms with van der Waals surface area (Å²) in [5, 5.41) is 0. The standard InChI is InChI=1S/C23H30N2O6S2/c26-32(27,24-16-20-3-1-13-30-20)22-9-5-18(6-10-22)15-19-7-11-23(12-8-19)33(28,29)25-17-21-4-2-14-31-21/h5-12,20-21,24-25H,1-4,13-17H2. The first-order valence-corrected chi connectivity index (χ1v) is 14.2. The number of hydrogen-bond donors (Lipinski definition) is 2. The highest BCUT2D eigenvalue weighted by molar-refractivity contribution is 7.89. The highest BCUT2D eigenvalue weighted by Crippen LogP contribution is 2.18. The van der Waals surface area contributed by atoms with Gasteiger partial charge in [0.15, 0.2) is 0 Å². The van der Waals surface area contributed by atoms with Crippen LogP contribution in [0.15, 0.2) is 58.3 Å². The van der Waals surface area contributed by atoms with Crippen LogP contribution in [0.2, 0.25) is 0 Å². The molecule has 2 aliphatic rings. The average Bonchev–Trinajstić information content (AvgIpc) is 3.52. The highest BCUT2D eigenvalue weighted by Gasteiger charge is 2.21. The predicted molar refractivity (Wildman–Crippen MR) is 124 cm³/mol. The zero-order valence-corrected chi connectivity index (χ0v) is 20.0. The minimum atomic E-state index is -3.58. The Morgan fingerprint density at radius 3 is 1.39 bits per heavy atom. The molecule has 10 heteroatoms. The van der Waals surface area contributed by atoms with Crippen LogP contribution < -0.4 is 9.44 Å². The molecule has 2 aromatic carbocycles. The molecule has 2 aromatic rings. The minimum absolute atomic E-state index is 0.0583. The summed E-state index contributed by atoms with van der Waals surface area (Å²) in [7, 11) is -7.17. The van der Waals surface area contributed by atoms with Gasteiger partial charge in [-0.15, -0.1) is 0 Å². The first-order valence-electron chi connectivity index (χ1n) is 11.2. The lowest BCUT2D eigenvalue weighted by Gasteiger charge is -2.12. The summed E-state index contributed by atoms with van der Waals surface area (Å²) in [6.45, 7) is 1.92. The summed E-state index contributed by atoms with van der Waals surface area (Å²) in [5.74, 6) is 0. The van der Waals surface area contributed by atoms with Gasteiger partial charge >= 0.3 is 0 Å². The second kappa shape index (κ2) is 10.6. The van der Waals surface area contributed by atoms with Crippen LogP contribution in [0, 0.1) is 0 Å². The van der Waals surface area contributed by atoms with Crippen LogP contribution in [-0.4, -0.2) is 55.3 Å². The van der Waals surface area contributed by atoms with Crippen LogP contribution >= 0.6 is 0 Å². The van der Waals surface area contributed by atoms with Crippen LogP contribution in [0.25, 0.3) is 0 Å². The Hall–Kier alpha value is -1.82. The number of nitrogens with one attached hydrogen (secondary N) is 2. The molecule has 0 radical (unpaired) electrons. The normalized spacial score (nSPS) is 21.5. The fourth-order valence-electron chi connectivity index (χ4n) is 3.99. The summed E-state index contributed by atoms with van der Waals surface area (Å²) in [6, 6.07) is 13.4. The number of sulfonamides is 2. The summed E-state index contributed by atoms with van der Waals surface area (Å²) >= 11 is 0. The monoisotopic (exact) mass is 494 g/mol. The van der Waals surface area contributed by atoms with Crippen LogP contribution in [0.3, 0.4) is 0 Å². The molecule has 2 unspecified atom stereocenters. The molecule has 2 saturated heterocycles. The highest BCUT2D eigenvalue weighted by atomic mass is 32.2. The first-order chi connectivity index (χ1) is 15.8. The number of hydrogen-bond acceptors (Lipinski definition) is 6. The van der Waals surface area contributed by atoms with Gasteiger partial charge in [0.05, 0.1) is 22.0 Å². The van der Waals surface area contributed by atoms with Gasteiger partial charge < -0.3 is 9.47 Å². The maximum absolute atomic E-state index is 12.5. The Morgan fingerprint density at radius 1 is 0.667 bits per heavy atom. The largest absolute Gasteiger partial charge is 0.377 e. The molecule has 2 heterocycles. The fraction of sp³-hybridized carbons (Fsp3) is 0.478. The van der Waals surface area contributed by atoms with Gasteiger partial charge in [-0.1, -0.05) is 24.3 Å². The molecule has 180 valence electrons. The van der Waals surface area contributed by atoms with E-state index in [4.69, 9.17) is 9.47 Å². The summed E-state index contributed by atoms with van der Waals surface area (Å²) < 4.78 is 66.1. The molecule has 4 rings (SSSR count). The molecule has 0 spiro atoms. The van der Waals surface area contributed by atoms with Crippen molar-refractivity contribution in [3.05, 3.63) is 59.7 Å². The van der Waals surface area contributed by atoms with Gasteiger partial charge in [0, 0.05) is 26.3 Å². The van der Waals surface area contributed by atoms with Crippen molar-refractivity contribution in [2.24, 2.45) is 0 Å². The van der Waals surface area contributed by atoms with Crippen LogP contribution in [-0.2, 0) is 35.9 Å². The van der Waals surface area contributed by atoms with Crippen molar-refractivity contribution in [3.63, 3.8) is 0 Å². The molecule has 0 amide bonds. The van der Waals surface area contributed by atoms with Crippen LogP contribution in [0.5, 0.6) is 0 Å². The number of ether oxygens (including phenoxy) is 2. The molecule has 0 aromatic heterocycles.